The van der Waals surface area contributed by atoms with Gasteiger partial charge in [0.05, 0.1) is 24.2 Å². The fourth-order valence-corrected chi connectivity index (χ4v) is 5.43. The van der Waals surface area contributed by atoms with E-state index in [2.05, 4.69) is 10.5 Å². The van der Waals surface area contributed by atoms with E-state index in [0.717, 1.165) is 28.5 Å². The average Bonchev–Trinajstić information content (AvgIpc) is 3.24. The highest BCUT2D eigenvalue weighted by molar-refractivity contribution is 8.15. The van der Waals surface area contributed by atoms with Crippen LogP contribution in [0.15, 0.2) is 29.4 Å². The molecule has 0 aliphatic carbocycles. The van der Waals surface area contributed by atoms with Crippen molar-refractivity contribution in [2.75, 3.05) is 19.8 Å². The van der Waals surface area contributed by atoms with Crippen LogP contribution in [0.4, 0.5) is 4.79 Å². The van der Waals surface area contributed by atoms with Gasteiger partial charge < -0.3 is 24.2 Å². The fourth-order valence-electron chi connectivity index (χ4n) is 4.57. The molecule has 0 spiro atoms. The Hall–Kier alpha value is -3.73. The highest BCUT2D eigenvalue weighted by Gasteiger charge is 2.41. The van der Waals surface area contributed by atoms with Crippen LogP contribution in [0.3, 0.4) is 0 Å². The van der Waals surface area contributed by atoms with Gasteiger partial charge in [-0.25, -0.2) is 4.79 Å². The summed E-state index contributed by atoms with van der Waals surface area (Å²) in [6.45, 7) is 9.36. The fraction of sp³-hybridized carbons (Fsp3) is 0.429. The maximum absolute atomic E-state index is 13.1. The number of nitrogens with zero attached hydrogens (tertiary/aromatic N) is 1. The number of amides is 2. The molecule has 1 saturated heterocycles. The molecule has 2 aliphatic rings. The van der Waals surface area contributed by atoms with Crippen LogP contribution in [0.25, 0.3) is 0 Å². The van der Waals surface area contributed by atoms with Gasteiger partial charge >= 0.3 is 5.97 Å². The van der Waals surface area contributed by atoms with E-state index >= 15 is 0 Å². The molecule has 2 aromatic carbocycles. The summed E-state index contributed by atoms with van der Waals surface area (Å²) in [5.41, 5.74) is 2.81. The predicted octanol–water partition coefficient (Wildman–Crippen LogP) is 4.25. The van der Waals surface area contributed by atoms with Gasteiger partial charge in [-0.1, -0.05) is 29.1 Å². The van der Waals surface area contributed by atoms with E-state index in [9.17, 15) is 19.6 Å². The molecule has 2 heterocycles. The van der Waals surface area contributed by atoms with Crippen LogP contribution < -0.4 is 19.5 Å². The second kappa shape index (κ2) is 11.6. The summed E-state index contributed by atoms with van der Waals surface area (Å²) < 4.78 is 23.6. The number of ether oxygens (including phenoxy) is 4. The number of hydrogen-bond donors (Lipinski definition) is 2. The molecule has 2 aromatic rings. The summed E-state index contributed by atoms with van der Waals surface area (Å²) in [6, 6.07) is 7.10. The first kappa shape index (κ1) is 28.3. The Kier molecular flexibility index (Phi) is 8.39. The van der Waals surface area contributed by atoms with Crippen molar-refractivity contribution < 1.29 is 38.5 Å². The Morgan fingerprint density at radius 1 is 1.18 bits per heavy atom. The third-order valence-electron chi connectivity index (χ3n) is 6.84. The lowest BCUT2D eigenvalue weighted by atomic mass is 9.91. The molecule has 2 amide bonds. The van der Waals surface area contributed by atoms with E-state index in [-0.39, 0.29) is 24.4 Å². The lowest BCUT2D eigenvalue weighted by molar-refractivity contribution is -0.162. The molecule has 11 heteroatoms. The molecule has 10 nitrogen and oxygen atoms in total. The molecule has 0 radical (unpaired) electrons. The first-order valence-electron chi connectivity index (χ1n) is 12.6. The first-order valence-corrected chi connectivity index (χ1v) is 13.5. The lowest BCUT2D eigenvalue weighted by Crippen LogP contribution is -2.48. The molecule has 0 saturated carbocycles. The molecule has 208 valence electrons. The van der Waals surface area contributed by atoms with Crippen molar-refractivity contribution in [2.45, 2.75) is 58.3 Å². The van der Waals surface area contributed by atoms with Crippen LogP contribution >= 0.6 is 11.8 Å². The monoisotopic (exact) mass is 556 g/mol. The van der Waals surface area contributed by atoms with Gasteiger partial charge in [-0.15, -0.1) is 0 Å². The zero-order valence-corrected chi connectivity index (χ0v) is 23.4. The van der Waals surface area contributed by atoms with Gasteiger partial charge in [-0.3, -0.25) is 14.9 Å². The summed E-state index contributed by atoms with van der Waals surface area (Å²) in [5, 5.41) is 14.6. The molecule has 2 aliphatic heterocycles. The summed E-state index contributed by atoms with van der Waals surface area (Å²) in [4.78, 5) is 36.4. The maximum Gasteiger partial charge on any atom is 0.353 e. The molecule has 0 aromatic heterocycles. The highest BCUT2D eigenvalue weighted by atomic mass is 32.2. The van der Waals surface area contributed by atoms with E-state index in [1.165, 1.54) is 0 Å². The summed E-state index contributed by atoms with van der Waals surface area (Å²) in [7, 11) is 0. The highest BCUT2D eigenvalue weighted by Crippen LogP contribution is 2.42. The number of oxime groups is 1. The lowest BCUT2D eigenvalue weighted by Gasteiger charge is -2.32. The molecular formula is C28H32N2O8S. The second-order valence-electron chi connectivity index (χ2n) is 9.63. The van der Waals surface area contributed by atoms with Gasteiger partial charge in [0.2, 0.25) is 11.5 Å². The van der Waals surface area contributed by atoms with Crippen molar-refractivity contribution in [3.05, 3.63) is 52.1 Å². The molecular weight excluding hydrogens is 524 g/mol. The molecule has 39 heavy (non-hydrogen) atoms. The smallest absolute Gasteiger partial charge is 0.353 e. The quantitative estimate of drug-likeness (QED) is 0.264. The van der Waals surface area contributed by atoms with Gasteiger partial charge in [-0.05, 0) is 69.9 Å². The third kappa shape index (κ3) is 5.83. The number of imide groups is 1. The number of fused-ring (bicyclic) bond motifs is 1. The number of thioether (sulfide) groups is 1. The summed E-state index contributed by atoms with van der Waals surface area (Å²) in [5.74, 6) is 0.727. The first-order chi connectivity index (χ1) is 18.6. The Labute approximate surface area is 231 Å². The predicted molar refractivity (Wildman–Crippen MR) is 145 cm³/mol. The van der Waals surface area contributed by atoms with E-state index < -0.39 is 16.8 Å². The van der Waals surface area contributed by atoms with E-state index in [1.54, 1.807) is 26.0 Å². The molecule has 2 N–H and O–H groups in total. The van der Waals surface area contributed by atoms with Crippen LogP contribution in [0.2, 0.25) is 0 Å². The van der Waals surface area contributed by atoms with Gasteiger partial charge in [0.25, 0.3) is 5.24 Å². The minimum Gasteiger partial charge on any atom is -0.492 e. The molecule has 2 unspecified atom stereocenters. The zero-order chi connectivity index (χ0) is 28.3. The standard InChI is InChI=1S/C28H32N2O8S/c1-6-35-26(32)28(5,14-37-19-9-7-18(8-10-19)13-21-25(31)29-27(33)39-21)38-23-15(2)16(3)24-22(17(23)4)20(30-34)11-12-36-24/h7-10,21,34H,6,11-14H2,1-5H3,(H,29,31,33). The minimum absolute atomic E-state index is 0.146. The Balaban J connectivity index is 1.56. The van der Waals surface area contributed by atoms with Crippen LogP contribution in [0.1, 0.15) is 48.1 Å². The van der Waals surface area contributed by atoms with E-state index in [0.29, 0.717) is 53.5 Å². The van der Waals surface area contributed by atoms with Gasteiger partial charge in [0.1, 0.15) is 23.9 Å². The van der Waals surface area contributed by atoms with Crippen molar-refractivity contribution >= 4 is 34.6 Å². The van der Waals surface area contributed by atoms with Crippen molar-refractivity contribution in [2.24, 2.45) is 5.16 Å². The van der Waals surface area contributed by atoms with E-state index in [1.807, 2.05) is 32.9 Å². The van der Waals surface area contributed by atoms with Gasteiger partial charge in [0.15, 0.2) is 0 Å². The number of carbonyl (C=O) groups excluding carboxylic acids is 3. The maximum atomic E-state index is 13.1. The zero-order valence-electron chi connectivity index (χ0n) is 22.6. The summed E-state index contributed by atoms with van der Waals surface area (Å²) >= 11 is 0.980. The van der Waals surface area contributed by atoms with Crippen LogP contribution in [-0.4, -0.2) is 58.7 Å². The summed E-state index contributed by atoms with van der Waals surface area (Å²) in [6.07, 6.45) is 0.853. The van der Waals surface area contributed by atoms with Crippen LogP contribution in [-0.2, 0) is 20.7 Å². The van der Waals surface area contributed by atoms with Crippen molar-refractivity contribution in [1.82, 2.24) is 5.32 Å². The molecule has 2 atom stereocenters. The average molecular weight is 557 g/mol. The van der Waals surface area contributed by atoms with Gasteiger partial charge in [-0.2, -0.15) is 0 Å². The number of carbonyl (C=O) groups is 3. The molecule has 4 rings (SSSR count). The molecule has 0 bridgehead atoms. The minimum atomic E-state index is -1.50. The van der Waals surface area contributed by atoms with Gasteiger partial charge in [0, 0.05) is 17.5 Å². The van der Waals surface area contributed by atoms with Crippen LogP contribution in [0.5, 0.6) is 17.2 Å². The Morgan fingerprint density at radius 3 is 2.51 bits per heavy atom. The third-order valence-corrected chi connectivity index (χ3v) is 7.82. The SMILES string of the molecule is CCOC(=O)C(C)(COc1ccc(CC2SC(=O)NC2=O)cc1)Oc1c(C)c(C)c2c(c1C)C(=NO)CCO2. The van der Waals surface area contributed by atoms with Crippen molar-refractivity contribution in [1.29, 1.82) is 0 Å². The normalized spacial score (nSPS) is 19.1. The number of rotatable bonds is 9. The number of benzene rings is 2. The molecule has 1 fully saturated rings. The number of hydrogen-bond acceptors (Lipinski definition) is 10. The van der Waals surface area contributed by atoms with Crippen molar-refractivity contribution in [3.63, 3.8) is 0 Å². The number of esters is 1. The largest absolute Gasteiger partial charge is 0.492 e. The van der Waals surface area contributed by atoms with E-state index in [4.69, 9.17) is 18.9 Å². The van der Waals surface area contributed by atoms with Crippen molar-refractivity contribution in [3.8, 4) is 17.2 Å². The second-order valence-corrected chi connectivity index (χ2v) is 10.8. The number of nitrogens with one attached hydrogen (secondary N) is 1. The van der Waals surface area contributed by atoms with Crippen LogP contribution in [0, 0.1) is 20.8 Å². The topological polar surface area (TPSA) is 133 Å². The Morgan fingerprint density at radius 2 is 1.90 bits per heavy atom. The Bertz CT molecular complexity index is 1320.